The van der Waals surface area contributed by atoms with Gasteiger partial charge in [0.05, 0.1) is 12.0 Å². The second kappa shape index (κ2) is 5.61. The number of rotatable bonds is 4. The van der Waals surface area contributed by atoms with Crippen LogP contribution in [0.4, 0.5) is 11.4 Å². The predicted molar refractivity (Wildman–Crippen MR) is 75.7 cm³/mol. The summed E-state index contributed by atoms with van der Waals surface area (Å²) in [5, 5.41) is 19.6. The third-order valence-electron chi connectivity index (χ3n) is 3.16. The molecule has 0 aliphatic rings. The second-order valence-corrected chi connectivity index (χ2v) is 4.42. The number of nitro groups is 1. The van der Waals surface area contributed by atoms with Crippen molar-refractivity contribution in [3.63, 3.8) is 0 Å². The molecule has 2 aromatic rings. The Morgan fingerprint density at radius 2 is 2.14 bits per heavy atom. The fourth-order valence-corrected chi connectivity index (χ4v) is 1.86. The highest BCUT2D eigenvalue weighted by molar-refractivity contribution is 6.06. The van der Waals surface area contributed by atoms with Crippen molar-refractivity contribution in [3.8, 4) is 5.88 Å². The molecule has 2 N–H and O–H groups in total. The van der Waals surface area contributed by atoms with Gasteiger partial charge in [0.15, 0.2) is 0 Å². The van der Waals surface area contributed by atoms with Crippen molar-refractivity contribution >= 4 is 17.3 Å². The van der Waals surface area contributed by atoms with Crippen LogP contribution in [0, 0.1) is 24.0 Å². The Kier molecular flexibility index (Phi) is 3.88. The minimum Gasteiger partial charge on any atom is -0.475 e. The van der Waals surface area contributed by atoms with E-state index in [0.29, 0.717) is 5.69 Å². The first-order valence-corrected chi connectivity index (χ1v) is 6.10. The Morgan fingerprint density at radius 3 is 2.76 bits per heavy atom. The molecule has 8 heteroatoms. The van der Waals surface area contributed by atoms with Crippen molar-refractivity contribution < 1.29 is 14.5 Å². The first-order valence-electron chi connectivity index (χ1n) is 6.10. The molecular formula is C13H14N4O4. The first-order chi connectivity index (χ1) is 9.95. The summed E-state index contributed by atoms with van der Waals surface area (Å²) in [6.45, 7) is 3.76. The van der Waals surface area contributed by atoms with Gasteiger partial charge in [-0.15, -0.1) is 5.10 Å². The van der Waals surface area contributed by atoms with E-state index in [0.717, 1.165) is 11.1 Å². The molecule has 21 heavy (non-hydrogen) atoms. The number of H-pyrrole nitrogens is 1. The summed E-state index contributed by atoms with van der Waals surface area (Å²) in [4.78, 5) is 22.5. The van der Waals surface area contributed by atoms with E-state index in [4.69, 9.17) is 4.74 Å². The number of hydrogen-bond acceptors (Lipinski definition) is 5. The van der Waals surface area contributed by atoms with Crippen LogP contribution in [0.3, 0.4) is 0 Å². The fraction of sp³-hybridized carbons (Fsp3) is 0.231. The number of ether oxygens (including phenoxy) is 1. The molecule has 8 nitrogen and oxygen atoms in total. The van der Waals surface area contributed by atoms with Crippen LogP contribution in [0.5, 0.6) is 5.88 Å². The summed E-state index contributed by atoms with van der Waals surface area (Å²) < 4.78 is 4.77. The molecule has 110 valence electrons. The van der Waals surface area contributed by atoms with Gasteiger partial charge in [0.1, 0.15) is 0 Å². The molecule has 0 aliphatic heterocycles. The van der Waals surface area contributed by atoms with Crippen molar-refractivity contribution in [2.24, 2.45) is 0 Å². The summed E-state index contributed by atoms with van der Waals surface area (Å²) >= 11 is 0. The highest BCUT2D eigenvalue weighted by Crippen LogP contribution is 2.28. The molecule has 0 unspecified atom stereocenters. The number of carbonyl (C=O) groups is 1. The van der Waals surface area contributed by atoms with Gasteiger partial charge in [-0.25, -0.2) is 0 Å². The van der Waals surface area contributed by atoms with Gasteiger partial charge < -0.3 is 10.1 Å². The third kappa shape index (κ3) is 2.69. The smallest absolute Gasteiger partial charge is 0.362 e. The number of nitrogens with zero attached hydrogens (tertiary/aromatic N) is 2. The second-order valence-electron chi connectivity index (χ2n) is 4.42. The van der Waals surface area contributed by atoms with Crippen LogP contribution in [-0.4, -0.2) is 28.1 Å². The van der Waals surface area contributed by atoms with E-state index in [2.05, 4.69) is 15.5 Å². The Hall–Kier alpha value is -2.90. The van der Waals surface area contributed by atoms with Crippen LogP contribution >= 0.6 is 0 Å². The number of nitrogens with one attached hydrogen (secondary N) is 2. The van der Waals surface area contributed by atoms with Crippen LogP contribution in [0.15, 0.2) is 18.2 Å². The van der Waals surface area contributed by atoms with E-state index >= 15 is 0 Å². The van der Waals surface area contributed by atoms with Gasteiger partial charge in [-0.1, -0.05) is 12.1 Å². The molecule has 0 aliphatic carbocycles. The number of hydrogen-bond donors (Lipinski definition) is 2. The molecule has 0 radical (unpaired) electrons. The highest BCUT2D eigenvalue weighted by Gasteiger charge is 2.30. The lowest BCUT2D eigenvalue weighted by Gasteiger charge is -2.09. The number of aryl methyl sites for hydroxylation is 1. The molecule has 0 spiro atoms. The van der Waals surface area contributed by atoms with Crippen LogP contribution in [-0.2, 0) is 0 Å². The maximum atomic E-state index is 12.2. The maximum Gasteiger partial charge on any atom is 0.362 e. The SMILES string of the molecule is COc1n[nH]c(C(=O)Nc2cccc(C)c2C)c1[N+](=O)[O-]. The summed E-state index contributed by atoms with van der Waals surface area (Å²) in [7, 11) is 1.25. The quantitative estimate of drug-likeness (QED) is 0.662. The molecule has 1 heterocycles. The zero-order valence-electron chi connectivity index (χ0n) is 11.8. The lowest BCUT2D eigenvalue weighted by Crippen LogP contribution is -2.15. The Balaban J connectivity index is 2.35. The van der Waals surface area contributed by atoms with Crippen LogP contribution in [0.1, 0.15) is 21.6 Å². The van der Waals surface area contributed by atoms with E-state index in [-0.39, 0.29) is 11.6 Å². The summed E-state index contributed by atoms with van der Waals surface area (Å²) in [5.74, 6) is -0.877. The molecule has 0 atom stereocenters. The van der Waals surface area contributed by atoms with Crippen LogP contribution in [0.2, 0.25) is 0 Å². The summed E-state index contributed by atoms with van der Waals surface area (Å²) in [6, 6.07) is 5.42. The number of aromatic nitrogens is 2. The Labute approximate surface area is 120 Å². The van der Waals surface area contributed by atoms with Crippen LogP contribution < -0.4 is 10.1 Å². The van der Waals surface area contributed by atoms with Crippen LogP contribution in [0.25, 0.3) is 0 Å². The predicted octanol–water partition coefficient (Wildman–Crippen LogP) is 2.20. The molecule has 0 saturated heterocycles. The van der Waals surface area contributed by atoms with Gasteiger partial charge in [0, 0.05) is 5.69 Å². The minimum atomic E-state index is -0.708. The standard InChI is InChI=1S/C13H14N4O4/c1-7-5-4-6-9(8(7)2)14-12(18)10-11(17(19)20)13(21-3)16-15-10/h4-6H,1-3H3,(H,14,18)(H,15,16). The van der Waals surface area contributed by atoms with Gasteiger partial charge in [-0.2, -0.15) is 0 Å². The topological polar surface area (TPSA) is 110 Å². The molecule has 1 aromatic carbocycles. The average Bonchev–Trinajstić information content (AvgIpc) is 2.88. The first kappa shape index (κ1) is 14.5. The minimum absolute atomic E-state index is 0.230. The molecule has 0 saturated carbocycles. The average molecular weight is 290 g/mol. The number of aromatic amines is 1. The number of amides is 1. The number of carbonyl (C=O) groups excluding carboxylic acids is 1. The van der Waals surface area contributed by atoms with Gasteiger partial charge in [-0.3, -0.25) is 20.0 Å². The Bertz CT molecular complexity index is 708. The van der Waals surface area contributed by atoms with Crippen molar-refractivity contribution in [1.82, 2.24) is 10.2 Å². The van der Waals surface area contributed by atoms with E-state index < -0.39 is 16.5 Å². The molecule has 0 fully saturated rings. The van der Waals surface area contributed by atoms with E-state index in [1.165, 1.54) is 7.11 Å². The Morgan fingerprint density at radius 1 is 1.43 bits per heavy atom. The maximum absolute atomic E-state index is 12.2. The number of methoxy groups -OCH3 is 1. The van der Waals surface area contributed by atoms with Gasteiger partial charge in [0.2, 0.25) is 5.69 Å². The van der Waals surface area contributed by atoms with Gasteiger partial charge >= 0.3 is 11.6 Å². The lowest BCUT2D eigenvalue weighted by molar-refractivity contribution is -0.386. The number of anilines is 1. The largest absolute Gasteiger partial charge is 0.475 e. The lowest BCUT2D eigenvalue weighted by atomic mass is 10.1. The van der Waals surface area contributed by atoms with Gasteiger partial charge in [-0.05, 0) is 31.0 Å². The number of benzene rings is 1. The summed E-state index contributed by atoms with van der Waals surface area (Å²) in [5.41, 5.74) is 1.74. The third-order valence-corrected chi connectivity index (χ3v) is 3.16. The van der Waals surface area contributed by atoms with Crippen molar-refractivity contribution in [2.75, 3.05) is 12.4 Å². The highest BCUT2D eigenvalue weighted by atomic mass is 16.6. The molecule has 1 aromatic heterocycles. The van der Waals surface area contributed by atoms with E-state index in [9.17, 15) is 14.9 Å². The van der Waals surface area contributed by atoms with Crippen molar-refractivity contribution in [1.29, 1.82) is 0 Å². The van der Waals surface area contributed by atoms with E-state index in [1.54, 1.807) is 12.1 Å². The summed E-state index contributed by atoms with van der Waals surface area (Å²) in [6.07, 6.45) is 0. The zero-order valence-corrected chi connectivity index (χ0v) is 11.8. The normalized spacial score (nSPS) is 10.2. The monoisotopic (exact) mass is 290 g/mol. The zero-order chi connectivity index (χ0) is 15.6. The van der Waals surface area contributed by atoms with Crippen molar-refractivity contribution in [2.45, 2.75) is 13.8 Å². The molecule has 1 amide bonds. The van der Waals surface area contributed by atoms with E-state index in [1.807, 2.05) is 19.9 Å². The molecule has 0 bridgehead atoms. The van der Waals surface area contributed by atoms with Gasteiger partial charge in [0.25, 0.3) is 5.91 Å². The fourth-order valence-electron chi connectivity index (χ4n) is 1.86. The van der Waals surface area contributed by atoms with Crippen molar-refractivity contribution in [3.05, 3.63) is 45.1 Å². The molecule has 2 rings (SSSR count). The molecular weight excluding hydrogens is 276 g/mol.